The summed E-state index contributed by atoms with van der Waals surface area (Å²) in [7, 11) is 0. The molecule has 1 aliphatic heterocycles. The summed E-state index contributed by atoms with van der Waals surface area (Å²) < 4.78 is 5.58. The van der Waals surface area contributed by atoms with Crippen LogP contribution in [-0.2, 0) is 4.79 Å². The van der Waals surface area contributed by atoms with Gasteiger partial charge < -0.3 is 9.73 Å². The Morgan fingerprint density at radius 2 is 2.04 bits per heavy atom. The molecule has 1 saturated heterocycles. The molecule has 1 aromatic carbocycles. The molecule has 0 bridgehead atoms. The van der Waals surface area contributed by atoms with Gasteiger partial charge in [0.1, 0.15) is 0 Å². The van der Waals surface area contributed by atoms with E-state index in [0.717, 1.165) is 42.4 Å². The molecular weight excluding hydrogens is 330 g/mol. The van der Waals surface area contributed by atoms with Crippen LogP contribution in [0.5, 0.6) is 0 Å². The van der Waals surface area contributed by atoms with Gasteiger partial charge in [-0.2, -0.15) is 0 Å². The lowest BCUT2D eigenvalue weighted by Gasteiger charge is -2.25. The number of oxazole rings is 1. The van der Waals surface area contributed by atoms with Gasteiger partial charge in [-0.05, 0) is 50.2 Å². The van der Waals surface area contributed by atoms with Crippen molar-refractivity contribution < 1.29 is 9.21 Å². The second-order valence-electron chi connectivity index (χ2n) is 6.63. The van der Waals surface area contributed by atoms with Gasteiger partial charge in [0.15, 0.2) is 17.5 Å². The molecule has 1 aliphatic rings. The van der Waals surface area contributed by atoms with Crippen LogP contribution in [0.3, 0.4) is 0 Å². The maximum atomic E-state index is 12.3. The number of hydrogen-bond donors (Lipinski definition) is 1. The van der Waals surface area contributed by atoms with Gasteiger partial charge in [-0.3, -0.25) is 9.69 Å². The fourth-order valence-corrected chi connectivity index (χ4v) is 3.26. The molecule has 3 heterocycles. The van der Waals surface area contributed by atoms with Crippen LogP contribution in [0, 0.1) is 6.92 Å². The van der Waals surface area contributed by atoms with E-state index >= 15 is 0 Å². The zero-order valence-corrected chi connectivity index (χ0v) is 14.7. The summed E-state index contributed by atoms with van der Waals surface area (Å²) in [5.74, 6) is 1.74. The molecule has 0 aliphatic carbocycles. The number of hydrogen-bond acceptors (Lipinski definition) is 6. The molecule has 134 valence electrons. The third-order valence-corrected chi connectivity index (χ3v) is 4.57. The van der Waals surface area contributed by atoms with Gasteiger partial charge in [0.2, 0.25) is 5.91 Å². The van der Waals surface area contributed by atoms with Gasteiger partial charge in [0.25, 0.3) is 0 Å². The second kappa shape index (κ2) is 7.21. The summed E-state index contributed by atoms with van der Waals surface area (Å²) in [6.45, 7) is 4.18. The van der Waals surface area contributed by atoms with E-state index in [0.29, 0.717) is 24.0 Å². The number of benzene rings is 1. The van der Waals surface area contributed by atoms with Crippen LogP contribution >= 0.6 is 0 Å². The van der Waals surface area contributed by atoms with Crippen molar-refractivity contribution in [1.82, 2.24) is 20.1 Å². The van der Waals surface area contributed by atoms with E-state index in [4.69, 9.17) is 4.42 Å². The highest BCUT2D eigenvalue weighted by atomic mass is 16.4. The van der Waals surface area contributed by atoms with Crippen molar-refractivity contribution in [2.75, 3.05) is 25.0 Å². The second-order valence-corrected chi connectivity index (χ2v) is 6.63. The van der Waals surface area contributed by atoms with Crippen molar-refractivity contribution in [1.29, 1.82) is 0 Å². The number of rotatable bonds is 4. The van der Waals surface area contributed by atoms with E-state index in [-0.39, 0.29) is 5.91 Å². The third-order valence-electron chi connectivity index (χ3n) is 4.57. The van der Waals surface area contributed by atoms with Gasteiger partial charge in [-0.1, -0.05) is 6.42 Å². The van der Waals surface area contributed by atoms with Crippen LogP contribution in [0.4, 0.5) is 5.82 Å². The molecule has 3 aromatic rings. The van der Waals surface area contributed by atoms with E-state index in [9.17, 15) is 4.79 Å². The first kappa shape index (κ1) is 16.7. The largest absolute Gasteiger partial charge is 0.441 e. The number of anilines is 1. The highest BCUT2D eigenvalue weighted by Crippen LogP contribution is 2.25. The standard InChI is InChI=1S/C19H21N5O2/c1-13-20-11-17(26-13)14-5-6-16-15(9-14)10-18(23-22-16)21-19(25)12-24-7-3-2-4-8-24/h5-6,9-11H,2-4,7-8,12H2,1H3,(H,21,23,25). The van der Waals surface area contributed by atoms with Crippen LogP contribution in [0.25, 0.3) is 22.2 Å². The molecule has 2 aromatic heterocycles. The number of carbonyl (C=O) groups is 1. The van der Waals surface area contributed by atoms with Crippen LogP contribution in [0.2, 0.25) is 0 Å². The lowest BCUT2D eigenvalue weighted by molar-refractivity contribution is -0.117. The lowest BCUT2D eigenvalue weighted by atomic mass is 10.1. The Hall–Kier alpha value is -2.80. The molecule has 0 unspecified atom stereocenters. The predicted octanol–water partition coefficient (Wildman–Crippen LogP) is 3.02. The first-order chi connectivity index (χ1) is 12.7. The van der Waals surface area contributed by atoms with Gasteiger partial charge in [0, 0.05) is 17.9 Å². The minimum absolute atomic E-state index is 0.0532. The fourth-order valence-electron chi connectivity index (χ4n) is 3.26. The predicted molar refractivity (Wildman–Crippen MR) is 98.7 cm³/mol. The molecule has 7 heteroatoms. The summed E-state index contributed by atoms with van der Waals surface area (Å²) in [5, 5.41) is 12.1. The van der Waals surface area contributed by atoms with Gasteiger partial charge in [-0.25, -0.2) is 4.98 Å². The van der Waals surface area contributed by atoms with Crippen LogP contribution in [-0.4, -0.2) is 45.6 Å². The van der Waals surface area contributed by atoms with Crippen LogP contribution in [0.15, 0.2) is 34.9 Å². The molecule has 0 atom stereocenters. The Morgan fingerprint density at radius 1 is 1.19 bits per heavy atom. The number of amides is 1. The van der Waals surface area contributed by atoms with Crippen molar-refractivity contribution >= 4 is 22.6 Å². The number of aryl methyl sites for hydroxylation is 1. The molecule has 1 N–H and O–H groups in total. The average Bonchev–Trinajstić information content (AvgIpc) is 3.08. The summed E-state index contributed by atoms with van der Waals surface area (Å²) in [4.78, 5) is 18.6. The fraction of sp³-hybridized carbons (Fsp3) is 0.368. The van der Waals surface area contributed by atoms with Crippen molar-refractivity contribution in [3.63, 3.8) is 0 Å². The quantitative estimate of drug-likeness (QED) is 0.778. The van der Waals surface area contributed by atoms with Crippen molar-refractivity contribution in [3.05, 3.63) is 36.4 Å². The molecule has 0 radical (unpaired) electrons. The summed E-state index contributed by atoms with van der Waals surface area (Å²) >= 11 is 0. The number of nitrogens with zero attached hydrogens (tertiary/aromatic N) is 4. The lowest BCUT2D eigenvalue weighted by Crippen LogP contribution is -2.37. The minimum Gasteiger partial charge on any atom is -0.441 e. The van der Waals surface area contributed by atoms with E-state index in [1.165, 1.54) is 6.42 Å². The monoisotopic (exact) mass is 351 g/mol. The normalized spacial score (nSPS) is 15.3. The smallest absolute Gasteiger partial charge is 0.239 e. The Balaban J connectivity index is 1.51. The summed E-state index contributed by atoms with van der Waals surface area (Å²) in [5.41, 5.74) is 1.68. The highest BCUT2D eigenvalue weighted by Gasteiger charge is 2.14. The number of carbonyl (C=O) groups excluding carboxylic acids is 1. The zero-order valence-electron chi connectivity index (χ0n) is 14.7. The Kier molecular flexibility index (Phi) is 4.62. The molecular formula is C19H21N5O2. The van der Waals surface area contributed by atoms with Gasteiger partial charge in [0.05, 0.1) is 18.3 Å². The molecule has 7 nitrogen and oxygen atoms in total. The maximum absolute atomic E-state index is 12.3. The number of nitrogens with one attached hydrogen (secondary N) is 1. The van der Waals surface area contributed by atoms with Crippen molar-refractivity contribution in [2.45, 2.75) is 26.2 Å². The Labute approximate surface area is 151 Å². The van der Waals surface area contributed by atoms with Crippen molar-refractivity contribution in [2.24, 2.45) is 0 Å². The van der Waals surface area contributed by atoms with Crippen LogP contribution < -0.4 is 5.32 Å². The topological polar surface area (TPSA) is 84.2 Å². The first-order valence-corrected chi connectivity index (χ1v) is 8.90. The van der Waals surface area contributed by atoms with E-state index in [2.05, 4.69) is 25.4 Å². The van der Waals surface area contributed by atoms with Gasteiger partial charge >= 0.3 is 0 Å². The SMILES string of the molecule is Cc1ncc(-c2ccc3nnc(NC(=O)CN4CCCCC4)cc3c2)o1. The molecule has 1 fully saturated rings. The number of likely N-dealkylation sites (tertiary alicyclic amines) is 1. The van der Waals surface area contributed by atoms with Crippen LogP contribution in [0.1, 0.15) is 25.2 Å². The molecule has 0 saturated carbocycles. The molecule has 26 heavy (non-hydrogen) atoms. The summed E-state index contributed by atoms with van der Waals surface area (Å²) in [6.07, 6.45) is 5.27. The van der Waals surface area contributed by atoms with Gasteiger partial charge in [-0.15, -0.1) is 10.2 Å². The Bertz CT molecular complexity index is 931. The Morgan fingerprint density at radius 3 is 2.81 bits per heavy atom. The van der Waals surface area contributed by atoms with E-state index in [1.54, 1.807) is 6.20 Å². The minimum atomic E-state index is -0.0532. The number of piperidine rings is 1. The summed E-state index contributed by atoms with van der Waals surface area (Å²) in [6, 6.07) is 7.61. The van der Waals surface area contributed by atoms with E-state index < -0.39 is 0 Å². The third kappa shape index (κ3) is 3.72. The van der Waals surface area contributed by atoms with E-state index in [1.807, 2.05) is 31.2 Å². The molecule has 4 rings (SSSR count). The highest BCUT2D eigenvalue weighted by molar-refractivity contribution is 5.93. The number of fused-ring (bicyclic) bond motifs is 1. The zero-order chi connectivity index (χ0) is 17.9. The molecule has 1 amide bonds. The maximum Gasteiger partial charge on any atom is 0.239 e. The average molecular weight is 351 g/mol. The molecule has 0 spiro atoms. The van der Waals surface area contributed by atoms with Crippen molar-refractivity contribution in [3.8, 4) is 11.3 Å². The number of aromatic nitrogens is 3. The first-order valence-electron chi connectivity index (χ1n) is 8.90.